The Hall–Kier alpha value is -0.650. The molecule has 0 aromatic carbocycles. The van der Waals surface area contributed by atoms with Crippen molar-refractivity contribution >= 4 is 5.97 Å². The van der Waals surface area contributed by atoms with Crippen LogP contribution in [-0.2, 0) is 9.53 Å². The fourth-order valence-corrected chi connectivity index (χ4v) is 2.24. The number of carboxylic acid groups (broad SMARTS) is 1. The first-order valence-corrected chi connectivity index (χ1v) is 6.21. The summed E-state index contributed by atoms with van der Waals surface area (Å²) in [5.74, 6) is -0.929. The zero-order chi connectivity index (χ0) is 13.1. The van der Waals surface area contributed by atoms with Gasteiger partial charge in [0.05, 0.1) is 12.2 Å². The summed E-state index contributed by atoms with van der Waals surface area (Å²) in [6.07, 6.45) is 1.81. The number of ether oxygens (including phenoxy) is 1. The van der Waals surface area contributed by atoms with Gasteiger partial charge in [-0.1, -0.05) is 0 Å². The van der Waals surface area contributed by atoms with E-state index in [1.54, 1.807) is 6.92 Å². The van der Waals surface area contributed by atoms with Crippen molar-refractivity contribution in [2.75, 3.05) is 19.6 Å². The van der Waals surface area contributed by atoms with Crippen molar-refractivity contribution in [2.24, 2.45) is 5.73 Å². The van der Waals surface area contributed by atoms with E-state index in [4.69, 9.17) is 15.6 Å². The summed E-state index contributed by atoms with van der Waals surface area (Å²) < 4.78 is 5.64. The Labute approximate surface area is 103 Å². The van der Waals surface area contributed by atoms with Crippen LogP contribution in [0.15, 0.2) is 0 Å². The lowest BCUT2D eigenvalue weighted by atomic mass is 9.97. The lowest BCUT2D eigenvalue weighted by Crippen LogP contribution is -2.47. The van der Waals surface area contributed by atoms with Gasteiger partial charge in [0.2, 0.25) is 0 Å². The summed E-state index contributed by atoms with van der Waals surface area (Å²) in [6.45, 7) is 8.41. The summed E-state index contributed by atoms with van der Waals surface area (Å²) in [4.78, 5) is 13.2. The van der Waals surface area contributed by atoms with Gasteiger partial charge in [0.1, 0.15) is 5.54 Å². The highest BCUT2D eigenvalue weighted by Gasteiger charge is 2.28. The Bertz CT molecular complexity index is 258. The van der Waals surface area contributed by atoms with E-state index in [1.165, 1.54) is 0 Å². The molecule has 0 radical (unpaired) electrons. The molecule has 1 rings (SSSR count). The molecule has 1 saturated heterocycles. The summed E-state index contributed by atoms with van der Waals surface area (Å²) in [5.41, 5.74) is 4.58. The molecule has 3 atom stereocenters. The summed E-state index contributed by atoms with van der Waals surface area (Å²) >= 11 is 0. The molecule has 17 heavy (non-hydrogen) atoms. The minimum absolute atomic E-state index is 0.252. The van der Waals surface area contributed by atoms with Crippen LogP contribution in [0.1, 0.15) is 33.6 Å². The first-order chi connectivity index (χ1) is 7.81. The molecular weight excluding hydrogens is 220 g/mol. The number of morpholine rings is 1. The Kier molecular flexibility index (Phi) is 4.91. The second-order valence-corrected chi connectivity index (χ2v) is 5.34. The molecule has 1 fully saturated rings. The average Bonchev–Trinajstić information content (AvgIpc) is 2.15. The molecule has 0 bridgehead atoms. The van der Waals surface area contributed by atoms with Crippen molar-refractivity contribution in [3.8, 4) is 0 Å². The van der Waals surface area contributed by atoms with E-state index in [1.807, 2.05) is 0 Å². The molecule has 0 spiro atoms. The molecule has 0 amide bonds. The van der Waals surface area contributed by atoms with Gasteiger partial charge in [0.25, 0.3) is 0 Å². The Balaban J connectivity index is 2.29. The predicted octanol–water partition coefficient (Wildman–Crippen LogP) is 0.678. The van der Waals surface area contributed by atoms with Gasteiger partial charge in [0, 0.05) is 13.1 Å². The predicted molar refractivity (Wildman–Crippen MR) is 65.9 cm³/mol. The molecule has 0 saturated carbocycles. The molecule has 1 heterocycles. The van der Waals surface area contributed by atoms with Crippen molar-refractivity contribution in [2.45, 2.75) is 51.4 Å². The Morgan fingerprint density at radius 1 is 1.47 bits per heavy atom. The number of nitrogens with zero attached hydrogens (tertiary/aromatic N) is 1. The van der Waals surface area contributed by atoms with Crippen LogP contribution in [0.5, 0.6) is 0 Å². The van der Waals surface area contributed by atoms with Gasteiger partial charge >= 0.3 is 5.97 Å². The van der Waals surface area contributed by atoms with Gasteiger partial charge in [-0.15, -0.1) is 0 Å². The van der Waals surface area contributed by atoms with Crippen LogP contribution in [0.2, 0.25) is 0 Å². The molecule has 1 aliphatic heterocycles. The number of rotatable bonds is 5. The third kappa shape index (κ3) is 4.61. The van der Waals surface area contributed by atoms with E-state index in [2.05, 4.69) is 18.7 Å². The Morgan fingerprint density at radius 3 is 2.47 bits per heavy atom. The first kappa shape index (κ1) is 14.4. The summed E-state index contributed by atoms with van der Waals surface area (Å²) in [5, 5.41) is 8.90. The number of hydrogen-bond acceptors (Lipinski definition) is 4. The molecule has 3 N–H and O–H groups in total. The lowest BCUT2D eigenvalue weighted by molar-refractivity contribution is -0.143. The number of carbonyl (C=O) groups is 1. The van der Waals surface area contributed by atoms with E-state index in [9.17, 15) is 4.79 Å². The third-order valence-electron chi connectivity index (χ3n) is 3.15. The first-order valence-electron chi connectivity index (χ1n) is 6.21. The monoisotopic (exact) mass is 244 g/mol. The molecule has 5 nitrogen and oxygen atoms in total. The second kappa shape index (κ2) is 5.80. The number of nitrogens with two attached hydrogens (primary N) is 1. The maximum atomic E-state index is 10.8. The van der Waals surface area contributed by atoms with Crippen molar-refractivity contribution < 1.29 is 14.6 Å². The van der Waals surface area contributed by atoms with Crippen LogP contribution >= 0.6 is 0 Å². The molecule has 0 aromatic rings. The number of carboxylic acids is 1. The van der Waals surface area contributed by atoms with Crippen molar-refractivity contribution in [3.05, 3.63) is 0 Å². The van der Waals surface area contributed by atoms with E-state index in [0.29, 0.717) is 6.42 Å². The quantitative estimate of drug-likeness (QED) is 0.743. The topological polar surface area (TPSA) is 75.8 Å². The SMILES string of the molecule is CC1CN(CCCC(C)(N)C(=O)O)CC(C)O1. The largest absolute Gasteiger partial charge is 0.480 e. The van der Waals surface area contributed by atoms with Crippen molar-refractivity contribution in [1.29, 1.82) is 0 Å². The molecule has 0 aliphatic carbocycles. The van der Waals surface area contributed by atoms with E-state index in [0.717, 1.165) is 26.1 Å². The molecule has 5 heteroatoms. The second-order valence-electron chi connectivity index (χ2n) is 5.34. The van der Waals surface area contributed by atoms with Gasteiger partial charge in [-0.05, 0) is 40.2 Å². The van der Waals surface area contributed by atoms with Gasteiger partial charge < -0.3 is 15.6 Å². The van der Waals surface area contributed by atoms with Crippen LogP contribution in [-0.4, -0.2) is 53.4 Å². The third-order valence-corrected chi connectivity index (χ3v) is 3.15. The van der Waals surface area contributed by atoms with Crippen LogP contribution in [0.25, 0.3) is 0 Å². The smallest absolute Gasteiger partial charge is 0.323 e. The fraction of sp³-hybridized carbons (Fsp3) is 0.917. The van der Waals surface area contributed by atoms with Gasteiger partial charge in [0.15, 0.2) is 0 Å². The molecule has 3 unspecified atom stereocenters. The normalized spacial score (nSPS) is 29.9. The van der Waals surface area contributed by atoms with Crippen LogP contribution in [0.4, 0.5) is 0 Å². The van der Waals surface area contributed by atoms with Crippen LogP contribution in [0, 0.1) is 0 Å². The van der Waals surface area contributed by atoms with E-state index >= 15 is 0 Å². The number of hydrogen-bond donors (Lipinski definition) is 2. The zero-order valence-corrected chi connectivity index (χ0v) is 11.0. The Morgan fingerprint density at radius 2 is 2.00 bits per heavy atom. The van der Waals surface area contributed by atoms with Gasteiger partial charge in [-0.2, -0.15) is 0 Å². The maximum absolute atomic E-state index is 10.8. The standard InChI is InChI=1S/C12H24N2O3/c1-9-7-14(8-10(2)17-9)6-4-5-12(3,13)11(15)16/h9-10H,4-8,13H2,1-3H3,(H,15,16). The van der Waals surface area contributed by atoms with Crippen LogP contribution in [0.3, 0.4) is 0 Å². The minimum Gasteiger partial charge on any atom is -0.480 e. The average molecular weight is 244 g/mol. The van der Waals surface area contributed by atoms with Crippen molar-refractivity contribution in [3.63, 3.8) is 0 Å². The molecule has 0 aromatic heterocycles. The molecule has 1 aliphatic rings. The zero-order valence-electron chi connectivity index (χ0n) is 11.0. The summed E-state index contributed by atoms with van der Waals surface area (Å²) in [7, 11) is 0. The molecular formula is C12H24N2O3. The fourth-order valence-electron chi connectivity index (χ4n) is 2.24. The highest BCUT2D eigenvalue weighted by molar-refractivity contribution is 5.77. The highest BCUT2D eigenvalue weighted by atomic mass is 16.5. The molecule has 100 valence electrons. The number of aliphatic carboxylic acids is 1. The van der Waals surface area contributed by atoms with Gasteiger partial charge in [-0.25, -0.2) is 0 Å². The van der Waals surface area contributed by atoms with E-state index < -0.39 is 11.5 Å². The minimum atomic E-state index is -1.11. The summed E-state index contributed by atoms with van der Waals surface area (Å²) in [6, 6.07) is 0. The van der Waals surface area contributed by atoms with E-state index in [-0.39, 0.29) is 12.2 Å². The van der Waals surface area contributed by atoms with Crippen molar-refractivity contribution in [1.82, 2.24) is 4.90 Å². The highest BCUT2D eigenvalue weighted by Crippen LogP contribution is 2.14. The van der Waals surface area contributed by atoms with Gasteiger partial charge in [-0.3, -0.25) is 9.69 Å². The van der Waals surface area contributed by atoms with Crippen LogP contribution < -0.4 is 5.73 Å². The maximum Gasteiger partial charge on any atom is 0.323 e. The lowest BCUT2D eigenvalue weighted by Gasteiger charge is -2.35.